The molecular weight excluding hydrogens is 298 g/mol. The van der Waals surface area contributed by atoms with Gasteiger partial charge in [-0.2, -0.15) is 0 Å². The molecule has 0 bridgehead atoms. The first kappa shape index (κ1) is 18.5. The molecule has 0 radical (unpaired) electrons. The second-order valence-electron chi connectivity index (χ2n) is 6.18. The maximum absolute atomic E-state index is 5.69. The Morgan fingerprint density at radius 3 is 2.50 bits per heavy atom. The molecular formula is C21H31NO2. The average Bonchev–Trinajstić information content (AvgIpc) is 2.60. The summed E-state index contributed by atoms with van der Waals surface area (Å²) in [6.07, 6.45) is 0.933. The van der Waals surface area contributed by atoms with Crippen LogP contribution >= 0.6 is 0 Å². The highest BCUT2D eigenvalue weighted by Crippen LogP contribution is 2.18. The molecule has 0 aliphatic carbocycles. The molecule has 132 valence electrons. The van der Waals surface area contributed by atoms with Crippen LogP contribution < -0.4 is 10.1 Å². The molecule has 0 unspecified atom stereocenters. The molecule has 0 saturated carbocycles. The van der Waals surface area contributed by atoms with Crippen molar-refractivity contribution in [2.24, 2.45) is 0 Å². The van der Waals surface area contributed by atoms with E-state index < -0.39 is 0 Å². The molecule has 1 N–H and O–H groups in total. The number of rotatable bonds is 10. The summed E-state index contributed by atoms with van der Waals surface area (Å²) in [5.41, 5.74) is 3.81. The highest BCUT2D eigenvalue weighted by Gasteiger charge is 2.02. The quantitative estimate of drug-likeness (QED) is 0.503. The summed E-state index contributed by atoms with van der Waals surface area (Å²) in [5, 5.41) is 3.33. The predicted octanol–water partition coefficient (Wildman–Crippen LogP) is 4.76. The fraction of sp³-hybridized carbons (Fsp3) is 0.429. The van der Waals surface area contributed by atoms with Crippen molar-refractivity contribution in [3.8, 4) is 5.75 Å². The van der Waals surface area contributed by atoms with Crippen LogP contribution in [0.1, 0.15) is 44.8 Å². The number of hydrogen-bond acceptors (Lipinski definition) is 3. The van der Waals surface area contributed by atoms with Crippen molar-refractivity contribution in [2.45, 2.75) is 39.7 Å². The summed E-state index contributed by atoms with van der Waals surface area (Å²) in [4.78, 5) is 0. The maximum Gasteiger partial charge on any atom is 0.122 e. The molecule has 2 aromatic rings. The standard InChI is InChI=1S/C21H29NO2.H2/c1-4-24-21-8-6-5-7-20(21)13-14-22-16-23-15-18-9-11-19(12-10-18)17(2)3;/h5-12,17,22H,4,13-16H2,1-3H3;1H. The molecule has 0 saturated heterocycles. The van der Waals surface area contributed by atoms with E-state index in [-0.39, 0.29) is 1.43 Å². The van der Waals surface area contributed by atoms with Crippen molar-refractivity contribution in [3.63, 3.8) is 0 Å². The Bertz CT molecular complexity index is 599. The number of ether oxygens (including phenoxy) is 2. The average molecular weight is 329 g/mol. The number of para-hydroxylation sites is 1. The summed E-state index contributed by atoms with van der Waals surface area (Å²) in [6.45, 7) is 9.19. The second-order valence-corrected chi connectivity index (χ2v) is 6.18. The maximum atomic E-state index is 5.69. The van der Waals surface area contributed by atoms with Gasteiger partial charge in [-0.15, -0.1) is 0 Å². The lowest BCUT2D eigenvalue weighted by Crippen LogP contribution is -2.20. The highest BCUT2D eigenvalue weighted by atomic mass is 16.5. The van der Waals surface area contributed by atoms with Gasteiger partial charge in [0.05, 0.1) is 19.9 Å². The van der Waals surface area contributed by atoms with Gasteiger partial charge in [0.2, 0.25) is 0 Å². The van der Waals surface area contributed by atoms with E-state index in [2.05, 4.69) is 55.6 Å². The van der Waals surface area contributed by atoms with E-state index in [0.717, 1.165) is 18.7 Å². The van der Waals surface area contributed by atoms with E-state index in [0.29, 0.717) is 25.9 Å². The molecule has 0 aromatic heterocycles. The van der Waals surface area contributed by atoms with Crippen LogP contribution in [-0.2, 0) is 17.8 Å². The lowest BCUT2D eigenvalue weighted by atomic mass is 10.0. The van der Waals surface area contributed by atoms with Crippen LogP contribution in [0.4, 0.5) is 0 Å². The fourth-order valence-electron chi connectivity index (χ4n) is 2.54. The normalized spacial score (nSPS) is 11.0. The minimum atomic E-state index is 0. The molecule has 0 atom stereocenters. The molecule has 2 rings (SSSR count). The van der Waals surface area contributed by atoms with Gasteiger partial charge in [-0.25, -0.2) is 0 Å². The Labute approximate surface area is 147 Å². The van der Waals surface area contributed by atoms with Gasteiger partial charge in [-0.3, -0.25) is 5.32 Å². The Hall–Kier alpha value is -1.84. The van der Waals surface area contributed by atoms with E-state index >= 15 is 0 Å². The lowest BCUT2D eigenvalue weighted by Gasteiger charge is -2.11. The minimum absolute atomic E-state index is 0. The zero-order valence-electron chi connectivity index (χ0n) is 15.0. The molecule has 3 nitrogen and oxygen atoms in total. The minimum Gasteiger partial charge on any atom is -0.494 e. The monoisotopic (exact) mass is 329 g/mol. The lowest BCUT2D eigenvalue weighted by molar-refractivity contribution is 0.104. The third-order valence-electron chi connectivity index (χ3n) is 3.96. The Morgan fingerprint density at radius 2 is 1.79 bits per heavy atom. The molecule has 0 spiro atoms. The summed E-state index contributed by atoms with van der Waals surface area (Å²) < 4.78 is 11.3. The van der Waals surface area contributed by atoms with E-state index in [1.54, 1.807) is 0 Å². The number of nitrogens with one attached hydrogen (secondary N) is 1. The third kappa shape index (κ3) is 5.99. The zero-order valence-corrected chi connectivity index (χ0v) is 15.0. The molecule has 3 heteroatoms. The molecule has 0 amide bonds. The molecule has 0 heterocycles. The summed E-state index contributed by atoms with van der Waals surface area (Å²) >= 11 is 0. The first-order valence-electron chi connectivity index (χ1n) is 8.78. The second kappa shape index (κ2) is 10.1. The zero-order chi connectivity index (χ0) is 17.2. The van der Waals surface area contributed by atoms with Gasteiger partial charge >= 0.3 is 0 Å². The van der Waals surface area contributed by atoms with Crippen molar-refractivity contribution < 1.29 is 10.9 Å². The first-order valence-corrected chi connectivity index (χ1v) is 8.78. The molecule has 0 aliphatic rings. The van der Waals surface area contributed by atoms with Gasteiger partial charge in [-0.1, -0.05) is 56.3 Å². The summed E-state index contributed by atoms with van der Waals surface area (Å²) in [7, 11) is 0. The van der Waals surface area contributed by atoms with Crippen molar-refractivity contribution in [2.75, 3.05) is 19.9 Å². The summed E-state index contributed by atoms with van der Waals surface area (Å²) in [6, 6.07) is 16.9. The fourth-order valence-corrected chi connectivity index (χ4v) is 2.54. The number of benzene rings is 2. The SMILES string of the molecule is CCOc1ccccc1CCNCOCc1ccc(C(C)C)cc1.[HH]. The Morgan fingerprint density at radius 1 is 1.04 bits per heavy atom. The highest BCUT2D eigenvalue weighted by molar-refractivity contribution is 5.33. The smallest absolute Gasteiger partial charge is 0.122 e. The van der Waals surface area contributed by atoms with Crippen molar-refractivity contribution >= 4 is 0 Å². The van der Waals surface area contributed by atoms with E-state index in [1.165, 1.54) is 16.7 Å². The van der Waals surface area contributed by atoms with Crippen molar-refractivity contribution in [3.05, 3.63) is 65.2 Å². The van der Waals surface area contributed by atoms with Crippen LogP contribution in [0.5, 0.6) is 5.75 Å². The first-order chi connectivity index (χ1) is 11.7. The van der Waals surface area contributed by atoms with E-state index in [4.69, 9.17) is 9.47 Å². The van der Waals surface area contributed by atoms with Gasteiger partial charge in [0, 0.05) is 7.97 Å². The van der Waals surface area contributed by atoms with Gasteiger partial charge in [0.15, 0.2) is 0 Å². The molecule has 24 heavy (non-hydrogen) atoms. The van der Waals surface area contributed by atoms with Crippen LogP contribution in [0.15, 0.2) is 48.5 Å². The third-order valence-corrected chi connectivity index (χ3v) is 3.96. The van der Waals surface area contributed by atoms with E-state index in [1.807, 2.05) is 19.1 Å². The van der Waals surface area contributed by atoms with Crippen LogP contribution in [0, 0.1) is 0 Å². The van der Waals surface area contributed by atoms with Gasteiger partial charge in [-0.05, 0) is 42.0 Å². The van der Waals surface area contributed by atoms with Crippen LogP contribution in [-0.4, -0.2) is 19.9 Å². The number of hydrogen-bond donors (Lipinski definition) is 1. The summed E-state index contributed by atoms with van der Waals surface area (Å²) in [5.74, 6) is 1.55. The molecule has 0 fully saturated rings. The molecule has 0 aliphatic heterocycles. The van der Waals surface area contributed by atoms with Gasteiger partial charge in [0.25, 0.3) is 0 Å². The van der Waals surface area contributed by atoms with Gasteiger partial charge < -0.3 is 9.47 Å². The van der Waals surface area contributed by atoms with Gasteiger partial charge in [0.1, 0.15) is 5.75 Å². The molecule has 2 aromatic carbocycles. The van der Waals surface area contributed by atoms with Crippen molar-refractivity contribution in [1.29, 1.82) is 0 Å². The van der Waals surface area contributed by atoms with E-state index in [9.17, 15) is 0 Å². The Kier molecular flexibility index (Phi) is 7.80. The largest absolute Gasteiger partial charge is 0.494 e. The van der Waals surface area contributed by atoms with Crippen LogP contribution in [0.2, 0.25) is 0 Å². The van der Waals surface area contributed by atoms with Crippen LogP contribution in [0.25, 0.3) is 0 Å². The predicted molar refractivity (Wildman–Crippen MR) is 102 cm³/mol. The Balaban J connectivity index is 0.00000312. The topological polar surface area (TPSA) is 30.5 Å². The van der Waals surface area contributed by atoms with Crippen molar-refractivity contribution in [1.82, 2.24) is 5.32 Å². The van der Waals surface area contributed by atoms with Crippen LogP contribution in [0.3, 0.4) is 0 Å².